The molecule has 10 nitrogen and oxygen atoms in total. The molecule has 0 heterocycles. The highest BCUT2D eigenvalue weighted by Crippen LogP contribution is 2.27. The second-order valence-corrected chi connectivity index (χ2v) is 7.30. The van der Waals surface area contributed by atoms with E-state index in [4.69, 9.17) is 22.9 Å². The number of carbonyl (C=O) groups excluding carboxylic acids is 4. The van der Waals surface area contributed by atoms with Crippen LogP contribution in [0.25, 0.3) is 0 Å². The highest BCUT2D eigenvalue weighted by Gasteiger charge is 2.33. The van der Waals surface area contributed by atoms with Gasteiger partial charge >= 0.3 is 0 Å². The van der Waals surface area contributed by atoms with Gasteiger partial charge in [0.2, 0.25) is 23.6 Å². The number of hydrogen-bond donors (Lipinski definition) is 6. The van der Waals surface area contributed by atoms with E-state index < -0.39 is 29.2 Å². The maximum atomic E-state index is 12.5. The number of hydrogen-bond acceptors (Lipinski definition) is 6. The summed E-state index contributed by atoms with van der Waals surface area (Å²) in [6.45, 7) is 4.21. The minimum Gasteiger partial charge on any atom is -0.369 e. The van der Waals surface area contributed by atoms with E-state index in [1.807, 2.05) is 0 Å². The van der Waals surface area contributed by atoms with Crippen LogP contribution >= 0.6 is 0 Å². The van der Waals surface area contributed by atoms with Gasteiger partial charge in [-0.25, -0.2) is 0 Å². The molecule has 4 amide bonds. The van der Waals surface area contributed by atoms with Crippen LogP contribution in [0.3, 0.4) is 0 Å². The predicted molar refractivity (Wildman–Crippen MR) is 102 cm³/mol. The number of nitrogens with one attached hydrogen (secondary N) is 2. The fourth-order valence-electron chi connectivity index (χ4n) is 2.51. The number of amides is 4. The Morgan fingerprint density at radius 3 is 2.00 bits per heavy atom. The number of primary amides is 2. The summed E-state index contributed by atoms with van der Waals surface area (Å²) in [6, 6.07) is -0.976. The molecule has 2 atom stereocenters. The molecular weight excluding hydrogens is 352 g/mol. The number of carbonyl (C=O) groups is 4. The molecule has 2 unspecified atom stereocenters. The standard InChI is InChI=1S/C17H34N6O4/c1-17(2,16(21)27)9-11(8-12(19)14(20)25)15(26)23-7-5-3-4-6-22-13(24)10-18/h11-12H,3-10,18-19H2,1-2H3,(H2,20,25)(H2,21,27)(H,22,24)(H,23,26). The zero-order chi connectivity index (χ0) is 21.0. The molecule has 0 aliphatic heterocycles. The zero-order valence-electron chi connectivity index (χ0n) is 16.3. The topological polar surface area (TPSA) is 196 Å². The molecule has 0 aromatic carbocycles. The van der Waals surface area contributed by atoms with E-state index in [0.717, 1.165) is 19.3 Å². The monoisotopic (exact) mass is 386 g/mol. The lowest BCUT2D eigenvalue weighted by molar-refractivity contribution is -0.130. The van der Waals surface area contributed by atoms with Crippen molar-refractivity contribution in [3.63, 3.8) is 0 Å². The smallest absolute Gasteiger partial charge is 0.234 e. The summed E-state index contributed by atoms with van der Waals surface area (Å²) in [5.74, 6) is -2.39. The van der Waals surface area contributed by atoms with Crippen LogP contribution in [0.1, 0.15) is 46.0 Å². The van der Waals surface area contributed by atoms with Crippen molar-refractivity contribution in [1.29, 1.82) is 0 Å². The van der Waals surface area contributed by atoms with E-state index in [-0.39, 0.29) is 31.2 Å². The quantitative estimate of drug-likeness (QED) is 0.188. The summed E-state index contributed by atoms with van der Waals surface area (Å²) >= 11 is 0. The Morgan fingerprint density at radius 2 is 1.52 bits per heavy atom. The molecule has 0 aliphatic rings. The first-order valence-electron chi connectivity index (χ1n) is 9.10. The lowest BCUT2D eigenvalue weighted by Crippen LogP contribution is -2.44. The molecule has 0 aliphatic carbocycles. The summed E-state index contributed by atoms with van der Waals surface area (Å²) in [5, 5.41) is 5.46. The van der Waals surface area contributed by atoms with Crippen molar-refractivity contribution in [2.45, 2.75) is 52.0 Å². The highest BCUT2D eigenvalue weighted by molar-refractivity contribution is 5.84. The third kappa shape index (κ3) is 10.5. The second-order valence-electron chi connectivity index (χ2n) is 7.30. The Balaban J connectivity index is 4.48. The molecule has 156 valence electrons. The summed E-state index contributed by atoms with van der Waals surface area (Å²) in [6.07, 6.45) is 2.51. The minimum absolute atomic E-state index is 0.0352. The summed E-state index contributed by atoms with van der Waals surface area (Å²) in [4.78, 5) is 46.3. The first-order valence-corrected chi connectivity index (χ1v) is 9.10. The molecular formula is C17H34N6O4. The van der Waals surface area contributed by atoms with Gasteiger partial charge in [-0.15, -0.1) is 0 Å². The Kier molecular flexibility index (Phi) is 11.2. The number of unbranched alkanes of at least 4 members (excludes halogenated alkanes) is 2. The minimum atomic E-state index is -0.976. The molecule has 0 rings (SSSR count). The van der Waals surface area contributed by atoms with Gasteiger partial charge in [0.15, 0.2) is 0 Å². The SMILES string of the molecule is CC(C)(CC(CC(N)C(N)=O)C(=O)NCCCCCNC(=O)CN)C(N)=O. The van der Waals surface area contributed by atoms with Gasteiger partial charge < -0.3 is 33.6 Å². The molecule has 0 fully saturated rings. The van der Waals surface area contributed by atoms with Crippen molar-refractivity contribution in [2.75, 3.05) is 19.6 Å². The Labute approximate surface area is 160 Å². The largest absolute Gasteiger partial charge is 0.369 e. The van der Waals surface area contributed by atoms with Crippen LogP contribution in [-0.4, -0.2) is 49.3 Å². The van der Waals surface area contributed by atoms with Crippen molar-refractivity contribution in [2.24, 2.45) is 34.3 Å². The molecule has 0 saturated carbocycles. The first-order chi connectivity index (χ1) is 12.5. The lowest BCUT2D eigenvalue weighted by atomic mass is 9.79. The van der Waals surface area contributed by atoms with E-state index in [9.17, 15) is 19.2 Å². The maximum Gasteiger partial charge on any atom is 0.234 e. The van der Waals surface area contributed by atoms with Crippen LogP contribution in [0.2, 0.25) is 0 Å². The second kappa shape index (κ2) is 12.2. The fourth-order valence-corrected chi connectivity index (χ4v) is 2.51. The molecule has 0 spiro atoms. The van der Waals surface area contributed by atoms with Crippen LogP contribution in [0.15, 0.2) is 0 Å². The van der Waals surface area contributed by atoms with Crippen LogP contribution in [0, 0.1) is 11.3 Å². The van der Waals surface area contributed by atoms with E-state index >= 15 is 0 Å². The van der Waals surface area contributed by atoms with Crippen molar-refractivity contribution >= 4 is 23.6 Å². The molecule has 0 bridgehead atoms. The Bertz CT molecular complexity index is 524. The molecule has 0 saturated heterocycles. The van der Waals surface area contributed by atoms with E-state index in [0.29, 0.717) is 13.1 Å². The van der Waals surface area contributed by atoms with Gasteiger partial charge in [0.25, 0.3) is 0 Å². The molecule has 10 heteroatoms. The van der Waals surface area contributed by atoms with Gasteiger partial charge in [-0.05, 0) is 32.1 Å². The number of rotatable bonds is 14. The van der Waals surface area contributed by atoms with E-state index in [2.05, 4.69) is 10.6 Å². The van der Waals surface area contributed by atoms with Gasteiger partial charge in [-0.3, -0.25) is 19.2 Å². The van der Waals surface area contributed by atoms with E-state index in [1.165, 1.54) is 0 Å². The van der Waals surface area contributed by atoms with Crippen molar-refractivity contribution in [3.8, 4) is 0 Å². The Hall–Kier alpha value is -2.20. The summed E-state index contributed by atoms with van der Waals surface area (Å²) in [7, 11) is 0. The molecule has 0 aromatic heterocycles. The van der Waals surface area contributed by atoms with Crippen molar-refractivity contribution in [3.05, 3.63) is 0 Å². The lowest BCUT2D eigenvalue weighted by Gasteiger charge is -2.27. The number of nitrogens with two attached hydrogens (primary N) is 4. The van der Waals surface area contributed by atoms with Crippen LogP contribution in [-0.2, 0) is 19.2 Å². The maximum absolute atomic E-state index is 12.5. The van der Waals surface area contributed by atoms with Gasteiger partial charge in [-0.1, -0.05) is 13.8 Å². The zero-order valence-corrected chi connectivity index (χ0v) is 16.3. The first kappa shape index (κ1) is 24.8. The van der Waals surface area contributed by atoms with Gasteiger partial charge in [0.05, 0.1) is 12.6 Å². The summed E-state index contributed by atoms with van der Waals surface area (Å²) in [5.41, 5.74) is 20.5. The molecule has 27 heavy (non-hydrogen) atoms. The summed E-state index contributed by atoms with van der Waals surface area (Å²) < 4.78 is 0. The Morgan fingerprint density at radius 1 is 0.963 bits per heavy atom. The molecule has 0 radical (unpaired) electrons. The van der Waals surface area contributed by atoms with Crippen LogP contribution in [0.4, 0.5) is 0 Å². The molecule has 0 aromatic rings. The highest BCUT2D eigenvalue weighted by atomic mass is 16.2. The van der Waals surface area contributed by atoms with Crippen molar-refractivity contribution in [1.82, 2.24) is 10.6 Å². The van der Waals surface area contributed by atoms with Crippen LogP contribution < -0.4 is 33.6 Å². The van der Waals surface area contributed by atoms with Gasteiger partial charge in [0, 0.05) is 24.4 Å². The van der Waals surface area contributed by atoms with E-state index in [1.54, 1.807) is 13.8 Å². The van der Waals surface area contributed by atoms with Crippen LogP contribution in [0.5, 0.6) is 0 Å². The normalized spacial score (nSPS) is 13.5. The van der Waals surface area contributed by atoms with Gasteiger partial charge in [0.1, 0.15) is 0 Å². The average molecular weight is 386 g/mol. The molecule has 10 N–H and O–H groups in total. The van der Waals surface area contributed by atoms with Gasteiger partial charge in [-0.2, -0.15) is 0 Å². The third-order valence-electron chi connectivity index (χ3n) is 4.36. The fraction of sp³-hybridized carbons (Fsp3) is 0.765. The predicted octanol–water partition coefficient (Wildman–Crippen LogP) is -1.93. The third-order valence-corrected chi connectivity index (χ3v) is 4.36. The van der Waals surface area contributed by atoms with Crippen molar-refractivity contribution < 1.29 is 19.2 Å². The average Bonchev–Trinajstić information content (AvgIpc) is 2.59.